The maximum atomic E-state index is 6.30. The Morgan fingerprint density at radius 2 is 1.56 bits per heavy atom. The summed E-state index contributed by atoms with van der Waals surface area (Å²) in [6.45, 7) is 2.39. The van der Waals surface area contributed by atoms with E-state index in [4.69, 9.17) is 14.2 Å². The predicted molar refractivity (Wildman–Crippen MR) is 126 cm³/mol. The molecule has 0 aliphatic rings. The van der Waals surface area contributed by atoms with Gasteiger partial charge in [0, 0.05) is 23.0 Å². The SMILES string of the molecule is COc1cc2c(Oc3cc4ccccc4nc3C)ccnc2cc1OCc1ccccc1. The van der Waals surface area contributed by atoms with Crippen molar-refractivity contribution in [2.24, 2.45) is 0 Å². The first-order valence-corrected chi connectivity index (χ1v) is 10.4. The fraction of sp³-hybridized carbons (Fsp3) is 0.111. The molecule has 0 amide bonds. The number of hydrogen-bond donors (Lipinski definition) is 0. The molecular weight excluding hydrogens is 400 g/mol. The lowest BCUT2D eigenvalue weighted by molar-refractivity contribution is 0.285. The van der Waals surface area contributed by atoms with Crippen molar-refractivity contribution in [2.45, 2.75) is 13.5 Å². The number of aryl methyl sites for hydroxylation is 1. The van der Waals surface area contributed by atoms with Crippen LogP contribution in [0.3, 0.4) is 0 Å². The highest BCUT2D eigenvalue weighted by Crippen LogP contribution is 2.38. The number of aromatic nitrogens is 2. The average Bonchev–Trinajstić information content (AvgIpc) is 2.83. The zero-order chi connectivity index (χ0) is 21.9. The van der Waals surface area contributed by atoms with Crippen molar-refractivity contribution in [2.75, 3.05) is 7.11 Å². The van der Waals surface area contributed by atoms with Gasteiger partial charge in [0.2, 0.25) is 0 Å². The van der Waals surface area contributed by atoms with Crippen LogP contribution in [0.4, 0.5) is 0 Å². The van der Waals surface area contributed by atoms with Crippen LogP contribution in [-0.4, -0.2) is 17.1 Å². The summed E-state index contributed by atoms with van der Waals surface area (Å²) in [6.07, 6.45) is 1.73. The Morgan fingerprint density at radius 3 is 2.41 bits per heavy atom. The number of methoxy groups -OCH3 is 1. The molecule has 0 aliphatic carbocycles. The summed E-state index contributed by atoms with van der Waals surface area (Å²) in [5.41, 5.74) is 3.61. The Kier molecular flexibility index (Phi) is 5.30. The third-order valence-electron chi connectivity index (χ3n) is 5.31. The highest BCUT2D eigenvalue weighted by molar-refractivity contribution is 5.88. The smallest absolute Gasteiger partial charge is 0.163 e. The van der Waals surface area contributed by atoms with Crippen LogP contribution in [0, 0.1) is 6.92 Å². The lowest BCUT2D eigenvalue weighted by Crippen LogP contribution is -1.99. The van der Waals surface area contributed by atoms with E-state index in [1.807, 2.05) is 85.8 Å². The fourth-order valence-electron chi connectivity index (χ4n) is 3.64. The van der Waals surface area contributed by atoms with Crippen LogP contribution in [-0.2, 0) is 6.61 Å². The number of benzene rings is 3. The van der Waals surface area contributed by atoms with Crippen molar-refractivity contribution in [3.05, 3.63) is 96.3 Å². The number of nitrogens with zero attached hydrogens (tertiary/aromatic N) is 2. The normalized spacial score (nSPS) is 10.9. The van der Waals surface area contributed by atoms with E-state index < -0.39 is 0 Å². The number of ether oxygens (including phenoxy) is 3. The number of para-hydroxylation sites is 1. The molecule has 0 saturated heterocycles. The molecular formula is C27H22N2O3. The van der Waals surface area contributed by atoms with E-state index in [2.05, 4.69) is 9.97 Å². The molecule has 32 heavy (non-hydrogen) atoms. The molecule has 5 nitrogen and oxygen atoms in total. The third-order valence-corrected chi connectivity index (χ3v) is 5.31. The first-order chi connectivity index (χ1) is 15.7. The van der Waals surface area contributed by atoms with Crippen molar-refractivity contribution in [1.29, 1.82) is 0 Å². The van der Waals surface area contributed by atoms with Gasteiger partial charge in [0.1, 0.15) is 18.1 Å². The minimum Gasteiger partial charge on any atom is -0.493 e. The van der Waals surface area contributed by atoms with E-state index in [-0.39, 0.29) is 0 Å². The minimum atomic E-state index is 0.445. The predicted octanol–water partition coefficient (Wildman–Crippen LogP) is 6.47. The molecule has 5 rings (SSSR count). The van der Waals surface area contributed by atoms with Crippen LogP contribution < -0.4 is 14.2 Å². The van der Waals surface area contributed by atoms with Gasteiger partial charge in [-0.1, -0.05) is 48.5 Å². The largest absolute Gasteiger partial charge is 0.493 e. The van der Waals surface area contributed by atoms with Gasteiger partial charge in [-0.15, -0.1) is 0 Å². The molecule has 3 aromatic carbocycles. The second-order valence-corrected chi connectivity index (χ2v) is 7.47. The molecule has 5 heteroatoms. The quantitative estimate of drug-likeness (QED) is 0.314. The van der Waals surface area contributed by atoms with Crippen molar-refractivity contribution < 1.29 is 14.2 Å². The number of rotatable bonds is 6. The Labute approximate surface area is 186 Å². The van der Waals surface area contributed by atoms with Crippen LogP contribution in [0.5, 0.6) is 23.0 Å². The summed E-state index contributed by atoms with van der Waals surface area (Å²) in [4.78, 5) is 9.18. The highest BCUT2D eigenvalue weighted by Gasteiger charge is 2.14. The van der Waals surface area contributed by atoms with Crippen molar-refractivity contribution in [3.8, 4) is 23.0 Å². The second-order valence-electron chi connectivity index (χ2n) is 7.47. The molecule has 2 heterocycles. The van der Waals surface area contributed by atoms with Crippen molar-refractivity contribution in [3.63, 3.8) is 0 Å². The Bertz CT molecular complexity index is 1400. The highest BCUT2D eigenvalue weighted by atomic mass is 16.5. The monoisotopic (exact) mass is 422 g/mol. The minimum absolute atomic E-state index is 0.445. The summed E-state index contributed by atoms with van der Waals surface area (Å²) in [6, 6.07) is 25.7. The zero-order valence-corrected chi connectivity index (χ0v) is 17.9. The first kappa shape index (κ1) is 19.8. The number of hydrogen-bond acceptors (Lipinski definition) is 5. The number of pyridine rings is 2. The van der Waals surface area contributed by atoms with Gasteiger partial charge in [-0.05, 0) is 36.8 Å². The zero-order valence-electron chi connectivity index (χ0n) is 17.9. The Morgan fingerprint density at radius 1 is 0.750 bits per heavy atom. The van der Waals surface area contributed by atoms with Gasteiger partial charge >= 0.3 is 0 Å². The van der Waals surface area contributed by atoms with Gasteiger partial charge in [-0.25, -0.2) is 4.98 Å². The molecule has 0 spiro atoms. The molecule has 0 aliphatic heterocycles. The first-order valence-electron chi connectivity index (χ1n) is 10.4. The number of fused-ring (bicyclic) bond motifs is 2. The summed E-state index contributed by atoms with van der Waals surface area (Å²) in [7, 11) is 1.63. The fourth-order valence-corrected chi connectivity index (χ4v) is 3.64. The molecule has 0 unspecified atom stereocenters. The van der Waals surface area contributed by atoms with E-state index in [1.54, 1.807) is 13.3 Å². The maximum Gasteiger partial charge on any atom is 0.163 e. The van der Waals surface area contributed by atoms with Crippen LogP contribution in [0.25, 0.3) is 21.8 Å². The van der Waals surface area contributed by atoms with E-state index in [9.17, 15) is 0 Å². The molecule has 2 aromatic heterocycles. The summed E-state index contributed by atoms with van der Waals surface area (Å²) >= 11 is 0. The van der Waals surface area contributed by atoms with Crippen molar-refractivity contribution in [1.82, 2.24) is 9.97 Å². The topological polar surface area (TPSA) is 53.5 Å². The van der Waals surface area contributed by atoms with Crippen LogP contribution in [0.1, 0.15) is 11.3 Å². The van der Waals surface area contributed by atoms with Gasteiger partial charge in [0.15, 0.2) is 11.5 Å². The molecule has 0 saturated carbocycles. The summed E-state index contributed by atoms with van der Waals surface area (Å²) < 4.78 is 17.9. The molecule has 158 valence electrons. The molecule has 0 bridgehead atoms. The van der Waals surface area contributed by atoms with E-state index >= 15 is 0 Å². The van der Waals surface area contributed by atoms with Gasteiger partial charge in [-0.3, -0.25) is 4.98 Å². The van der Waals surface area contributed by atoms with E-state index in [0.717, 1.165) is 33.1 Å². The standard InChI is InChI=1S/C27H22N2O3/c1-18-25(14-20-10-6-7-11-22(20)29-18)32-24-12-13-28-23-16-27(26(30-2)15-21(23)24)31-17-19-8-4-3-5-9-19/h3-16H,17H2,1-2H3. The third kappa shape index (κ3) is 3.93. The van der Waals surface area contributed by atoms with Gasteiger partial charge in [0.05, 0.1) is 23.8 Å². The van der Waals surface area contributed by atoms with Crippen LogP contribution in [0.15, 0.2) is 85.1 Å². The molecule has 0 atom stereocenters. The lowest BCUT2D eigenvalue weighted by atomic mass is 10.1. The lowest BCUT2D eigenvalue weighted by Gasteiger charge is -2.15. The van der Waals surface area contributed by atoms with Crippen LogP contribution >= 0.6 is 0 Å². The Hall–Kier alpha value is -4.12. The van der Waals surface area contributed by atoms with E-state index in [1.165, 1.54) is 0 Å². The molecule has 0 radical (unpaired) electrons. The van der Waals surface area contributed by atoms with E-state index in [0.29, 0.717) is 29.6 Å². The van der Waals surface area contributed by atoms with Gasteiger partial charge < -0.3 is 14.2 Å². The Balaban J connectivity index is 1.50. The molecule has 0 fully saturated rings. The van der Waals surface area contributed by atoms with Crippen LogP contribution in [0.2, 0.25) is 0 Å². The van der Waals surface area contributed by atoms with Gasteiger partial charge in [-0.2, -0.15) is 0 Å². The molecule has 0 N–H and O–H groups in total. The van der Waals surface area contributed by atoms with Crippen molar-refractivity contribution >= 4 is 21.8 Å². The summed E-state index contributed by atoms with van der Waals surface area (Å²) in [5, 5.41) is 1.87. The summed E-state index contributed by atoms with van der Waals surface area (Å²) in [5.74, 6) is 2.65. The maximum absolute atomic E-state index is 6.30. The molecule has 5 aromatic rings. The average molecular weight is 422 g/mol. The second kappa shape index (κ2) is 8.55. The van der Waals surface area contributed by atoms with Gasteiger partial charge in [0.25, 0.3) is 0 Å².